The molecule has 1 aromatic rings. The molecular weight excluding hydrogens is 230 g/mol. The summed E-state index contributed by atoms with van der Waals surface area (Å²) in [5.74, 6) is 7.59. The summed E-state index contributed by atoms with van der Waals surface area (Å²) >= 11 is 2.07. The predicted molar refractivity (Wildman–Crippen MR) is 71.9 cm³/mol. The van der Waals surface area contributed by atoms with Crippen LogP contribution < -0.4 is 11.3 Å². The van der Waals surface area contributed by atoms with Gasteiger partial charge in [0.1, 0.15) is 0 Å². The van der Waals surface area contributed by atoms with Crippen LogP contribution in [0.15, 0.2) is 18.3 Å². The molecule has 3 nitrogen and oxygen atoms in total. The number of pyridine rings is 1. The third-order valence-electron chi connectivity index (χ3n) is 3.99. The number of aromatic nitrogens is 1. The largest absolute Gasteiger partial charge is 0.271 e. The highest BCUT2D eigenvalue weighted by molar-refractivity contribution is 8.00. The number of nitrogens with one attached hydrogen (secondary N) is 1. The Kier molecular flexibility index (Phi) is 3.36. The number of hydrogen-bond donors (Lipinski definition) is 2. The van der Waals surface area contributed by atoms with Gasteiger partial charge in [0.05, 0.1) is 0 Å². The number of hydrogen-bond acceptors (Lipinski definition) is 4. The number of fused-ring (bicyclic) bond motifs is 1. The Morgan fingerprint density at radius 3 is 3.18 bits per heavy atom. The summed E-state index contributed by atoms with van der Waals surface area (Å²) in [6.07, 6.45) is 6.88. The molecule has 3 atom stereocenters. The van der Waals surface area contributed by atoms with E-state index in [0.717, 1.165) is 6.42 Å². The van der Waals surface area contributed by atoms with Gasteiger partial charge in [-0.25, -0.2) is 0 Å². The molecule has 0 spiro atoms. The van der Waals surface area contributed by atoms with E-state index in [9.17, 15) is 0 Å². The van der Waals surface area contributed by atoms with Crippen LogP contribution in [0.5, 0.6) is 0 Å². The van der Waals surface area contributed by atoms with Crippen molar-refractivity contribution in [3.8, 4) is 0 Å². The third-order valence-corrected chi connectivity index (χ3v) is 5.47. The first kappa shape index (κ1) is 11.5. The molecule has 92 valence electrons. The molecule has 4 heteroatoms. The molecule has 0 aromatic carbocycles. The average Bonchev–Trinajstić information content (AvgIpc) is 3.01. The van der Waals surface area contributed by atoms with Gasteiger partial charge >= 0.3 is 0 Å². The van der Waals surface area contributed by atoms with Gasteiger partial charge in [-0.05, 0) is 43.1 Å². The fourth-order valence-electron chi connectivity index (χ4n) is 3.16. The smallest absolute Gasteiger partial charge is 0.0483 e. The van der Waals surface area contributed by atoms with Crippen LogP contribution >= 0.6 is 11.8 Å². The molecular formula is C13H19N3S. The minimum absolute atomic E-state index is 0.388. The van der Waals surface area contributed by atoms with Crippen molar-refractivity contribution in [2.24, 2.45) is 5.84 Å². The predicted octanol–water partition coefficient (Wildman–Crippen LogP) is 1.84. The zero-order chi connectivity index (χ0) is 11.7. The minimum atomic E-state index is 0.388. The first-order chi connectivity index (χ1) is 8.40. The molecule has 1 fully saturated rings. The van der Waals surface area contributed by atoms with Crippen LogP contribution in [0.3, 0.4) is 0 Å². The van der Waals surface area contributed by atoms with Gasteiger partial charge in [0.2, 0.25) is 0 Å². The van der Waals surface area contributed by atoms with Crippen molar-refractivity contribution >= 4 is 11.8 Å². The number of nitrogens with two attached hydrogens (primary N) is 1. The van der Waals surface area contributed by atoms with Crippen molar-refractivity contribution in [1.29, 1.82) is 0 Å². The Hall–Kier alpha value is -0.580. The maximum Gasteiger partial charge on any atom is 0.0483 e. The Morgan fingerprint density at radius 1 is 1.47 bits per heavy atom. The van der Waals surface area contributed by atoms with Crippen molar-refractivity contribution in [2.75, 3.05) is 5.75 Å². The maximum absolute atomic E-state index is 5.80. The molecule has 0 radical (unpaired) electrons. The van der Waals surface area contributed by atoms with E-state index in [1.165, 1.54) is 36.3 Å². The molecule has 3 N–H and O–H groups in total. The Morgan fingerprint density at radius 2 is 2.41 bits per heavy atom. The first-order valence-corrected chi connectivity index (χ1v) is 7.46. The summed E-state index contributed by atoms with van der Waals surface area (Å²) in [5, 5.41) is 0.665. The van der Waals surface area contributed by atoms with Gasteiger partial charge < -0.3 is 0 Å². The Labute approximate surface area is 107 Å². The van der Waals surface area contributed by atoms with Crippen LogP contribution in [-0.2, 0) is 6.42 Å². The molecule has 0 saturated carbocycles. The molecule has 1 saturated heterocycles. The molecule has 1 aliphatic heterocycles. The van der Waals surface area contributed by atoms with Gasteiger partial charge in [0, 0.05) is 29.1 Å². The Bertz CT molecular complexity index is 390. The van der Waals surface area contributed by atoms with Crippen LogP contribution in [0.4, 0.5) is 0 Å². The average molecular weight is 249 g/mol. The SMILES string of the molecule is NNC(C1CCCS1)C1CCc2cccnc21. The van der Waals surface area contributed by atoms with Crippen LogP contribution in [0.25, 0.3) is 0 Å². The van der Waals surface area contributed by atoms with Gasteiger partial charge in [0.25, 0.3) is 0 Å². The second-order valence-electron chi connectivity index (χ2n) is 4.94. The van der Waals surface area contributed by atoms with Gasteiger partial charge in [-0.3, -0.25) is 16.3 Å². The molecule has 1 aliphatic carbocycles. The molecule has 0 amide bonds. The topological polar surface area (TPSA) is 50.9 Å². The van der Waals surface area contributed by atoms with Crippen molar-refractivity contribution in [3.05, 3.63) is 29.6 Å². The minimum Gasteiger partial charge on any atom is -0.271 e. The Balaban J connectivity index is 1.84. The second-order valence-corrected chi connectivity index (χ2v) is 6.28. The van der Waals surface area contributed by atoms with Crippen LogP contribution in [0.1, 0.15) is 36.4 Å². The number of aryl methyl sites for hydroxylation is 1. The number of rotatable bonds is 3. The molecule has 2 aliphatic rings. The van der Waals surface area contributed by atoms with Crippen LogP contribution in [-0.4, -0.2) is 22.0 Å². The van der Waals surface area contributed by atoms with Gasteiger partial charge in [-0.15, -0.1) is 0 Å². The summed E-state index contributed by atoms with van der Waals surface area (Å²) in [5.41, 5.74) is 5.76. The standard InChI is InChI=1S/C13H19N3S/c14-16-13(11-4-2-8-17-11)10-6-5-9-3-1-7-15-12(9)10/h1,3,7,10-11,13,16H,2,4-6,8,14H2. The lowest BCUT2D eigenvalue weighted by Gasteiger charge is -2.27. The maximum atomic E-state index is 5.80. The van der Waals surface area contributed by atoms with Crippen molar-refractivity contribution in [3.63, 3.8) is 0 Å². The van der Waals surface area contributed by atoms with Crippen LogP contribution in [0.2, 0.25) is 0 Å². The van der Waals surface area contributed by atoms with Gasteiger partial charge in [-0.2, -0.15) is 11.8 Å². The van der Waals surface area contributed by atoms with E-state index in [1.54, 1.807) is 0 Å². The number of nitrogens with zero attached hydrogens (tertiary/aromatic N) is 1. The van der Waals surface area contributed by atoms with E-state index in [4.69, 9.17) is 5.84 Å². The lowest BCUT2D eigenvalue weighted by Crippen LogP contribution is -2.45. The number of hydrazine groups is 1. The molecule has 1 aromatic heterocycles. The summed E-state index contributed by atoms with van der Waals surface area (Å²) < 4.78 is 0. The van der Waals surface area contributed by atoms with Gasteiger partial charge in [0.15, 0.2) is 0 Å². The van der Waals surface area contributed by atoms with Crippen molar-refractivity contribution in [1.82, 2.24) is 10.4 Å². The summed E-state index contributed by atoms with van der Waals surface area (Å²) in [6.45, 7) is 0. The highest BCUT2D eigenvalue weighted by Gasteiger charge is 2.36. The normalized spacial score (nSPS) is 29.2. The highest BCUT2D eigenvalue weighted by atomic mass is 32.2. The molecule has 2 heterocycles. The lowest BCUT2D eigenvalue weighted by atomic mass is 9.93. The molecule has 17 heavy (non-hydrogen) atoms. The zero-order valence-corrected chi connectivity index (χ0v) is 10.7. The van der Waals surface area contributed by atoms with E-state index in [0.29, 0.717) is 17.2 Å². The quantitative estimate of drug-likeness (QED) is 0.634. The monoisotopic (exact) mass is 249 g/mol. The lowest BCUT2D eigenvalue weighted by molar-refractivity contribution is 0.413. The molecule has 3 unspecified atom stereocenters. The summed E-state index contributed by atoms with van der Waals surface area (Å²) in [7, 11) is 0. The highest BCUT2D eigenvalue weighted by Crippen LogP contribution is 2.40. The van der Waals surface area contributed by atoms with Crippen LogP contribution in [0, 0.1) is 0 Å². The zero-order valence-electron chi connectivity index (χ0n) is 9.93. The fourth-order valence-corrected chi connectivity index (χ4v) is 4.61. The van der Waals surface area contributed by atoms with Crippen molar-refractivity contribution < 1.29 is 0 Å². The first-order valence-electron chi connectivity index (χ1n) is 6.41. The summed E-state index contributed by atoms with van der Waals surface area (Å²) in [6, 6.07) is 4.63. The van der Waals surface area contributed by atoms with E-state index in [1.807, 2.05) is 12.3 Å². The van der Waals surface area contributed by atoms with E-state index >= 15 is 0 Å². The number of thioether (sulfide) groups is 1. The third kappa shape index (κ3) is 2.09. The molecule has 0 bridgehead atoms. The fraction of sp³-hybridized carbons (Fsp3) is 0.615. The van der Waals surface area contributed by atoms with E-state index < -0.39 is 0 Å². The van der Waals surface area contributed by atoms with Crippen molar-refractivity contribution in [2.45, 2.75) is 42.9 Å². The van der Waals surface area contributed by atoms with Gasteiger partial charge in [-0.1, -0.05) is 6.07 Å². The second kappa shape index (κ2) is 4.96. The van der Waals surface area contributed by atoms with E-state index in [-0.39, 0.29) is 0 Å². The molecule has 3 rings (SSSR count). The summed E-state index contributed by atoms with van der Waals surface area (Å²) in [4.78, 5) is 4.58. The van der Waals surface area contributed by atoms with E-state index in [2.05, 4.69) is 28.2 Å².